The maximum atomic E-state index is 11.9. The van der Waals surface area contributed by atoms with Crippen molar-refractivity contribution in [1.29, 1.82) is 0 Å². The van der Waals surface area contributed by atoms with Gasteiger partial charge in [-0.15, -0.1) is 0 Å². The van der Waals surface area contributed by atoms with E-state index in [0.717, 1.165) is 11.3 Å². The summed E-state index contributed by atoms with van der Waals surface area (Å²) in [5.41, 5.74) is 6.35. The Hall–Kier alpha value is -1.11. The Kier molecular flexibility index (Phi) is 4.09. The summed E-state index contributed by atoms with van der Waals surface area (Å²) < 4.78 is 34.3. The Bertz CT molecular complexity index is 569. The highest BCUT2D eigenvalue weighted by molar-refractivity contribution is 7.91. The van der Waals surface area contributed by atoms with Gasteiger partial charge in [0.1, 0.15) is 5.75 Å². The van der Waals surface area contributed by atoms with Crippen molar-refractivity contribution in [3.05, 3.63) is 29.8 Å². The number of benzene rings is 1. The highest BCUT2D eigenvalue weighted by Crippen LogP contribution is 2.54. The molecule has 0 unspecified atom stereocenters. The molecule has 1 aliphatic rings. The first-order valence-corrected chi connectivity index (χ1v) is 8.49. The average molecular weight is 299 g/mol. The van der Waals surface area contributed by atoms with Crippen molar-refractivity contribution in [3.8, 4) is 5.75 Å². The summed E-state index contributed by atoms with van der Waals surface area (Å²) in [5, 5.41) is -0.588. The van der Waals surface area contributed by atoms with Crippen LogP contribution in [0.5, 0.6) is 5.75 Å². The summed E-state index contributed by atoms with van der Waals surface area (Å²) in [4.78, 5) is 0. The van der Waals surface area contributed by atoms with Crippen LogP contribution in [-0.2, 0) is 14.6 Å². The third kappa shape index (κ3) is 2.68. The highest BCUT2D eigenvalue weighted by Gasteiger charge is 2.68. The van der Waals surface area contributed by atoms with E-state index >= 15 is 0 Å². The van der Waals surface area contributed by atoms with Gasteiger partial charge < -0.3 is 15.2 Å². The van der Waals surface area contributed by atoms with Crippen molar-refractivity contribution in [2.45, 2.75) is 23.6 Å². The van der Waals surface area contributed by atoms with Crippen LogP contribution in [0.1, 0.15) is 18.4 Å². The lowest BCUT2D eigenvalue weighted by Gasteiger charge is -2.11. The second-order valence-corrected chi connectivity index (χ2v) is 7.42. The monoisotopic (exact) mass is 299 g/mol. The van der Waals surface area contributed by atoms with Crippen molar-refractivity contribution in [3.63, 3.8) is 0 Å². The Labute approximate surface area is 120 Å². The second-order valence-electron chi connectivity index (χ2n) is 5.25. The fraction of sp³-hybridized carbons (Fsp3) is 0.571. The maximum absolute atomic E-state index is 11.9. The summed E-state index contributed by atoms with van der Waals surface area (Å²) in [6.45, 7) is 2.63. The molecule has 1 aromatic carbocycles. The van der Waals surface area contributed by atoms with E-state index in [2.05, 4.69) is 0 Å². The van der Waals surface area contributed by atoms with Gasteiger partial charge in [-0.2, -0.15) is 0 Å². The van der Waals surface area contributed by atoms with Crippen LogP contribution in [0.3, 0.4) is 0 Å². The Morgan fingerprint density at radius 3 is 2.35 bits per heavy atom. The van der Waals surface area contributed by atoms with E-state index in [1.807, 2.05) is 31.2 Å². The van der Waals surface area contributed by atoms with Crippen LogP contribution in [0.15, 0.2) is 24.3 Å². The van der Waals surface area contributed by atoms with Gasteiger partial charge in [-0.25, -0.2) is 8.42 Å². The van der Waals surface area contributed by atoms with Crippen LogP contribution in [0.25, 0.3) is 0 Å². The zero-order valence-corrected chi connectivity index (χ0v) is 12.8. The minimum atomic E-state index is -3.22. The van der Waals surface area contributed by atoms with Gasteiger partial charge in [0.15, 0.2) is 9.84 Å². The Balaban J connectivity index is 2.28. The molecule has 0 heterocycles. The molecule has 1 saturated carbocycles. The fourth-order valence-electron chi connectivity index (χ4n) is 2.82. The molecular weight excluding hydrogens is 278 g/mol. The number of sulfone groups is 1. The molecule has 0 radical (unpaired) electrons. The average Bonchev–Trinajstić information content (AvgIpc) is 3.03. The quantitative estimate of drug-likeness (QED) is 0.845. The normalized spacial score (nSPS) is 29.2. The van der Waals surface area contributed by atoms with Crippen LogP contribution in [0.2, 0.25) is 0 Å². The SMILES string of the molecule is CCOC[C@]1(N)[C@H](c2ccc(OC)cc2)[C@H]1S(C)(=O)=O. The van der Waals surface area contributed by atoms with Crippen molar-refractivity contribution < 1.29 is 17.9 Å². The number of hydrogen-bond acceptors (Lipinski definition) is 5. The molecule has 3 atom stereocenters. The van der Waals surface area contributed by atoms with Crippen LogP contribution in [0, 0.1) is 0 Å². The third-order valence-electron chi connectivity index (χ3n) is 3.79. The predicted octanol–water partition coefficient (Wildman–Crippen LogP) is 0.940. The summed E-state index contributed by atoms with van der Waals surface area (Å²) in [6.07, 6.45) is 1.23. The molecule has 6 heteroatoms. The van der Waals surface area contributed by atoms with Gasteiger partial charge >= 0.3 is 0 Å². The van der Waals surface area contributed by atoms with Crippen molar-refractivity contribution in [1.82, 2.24) is 0 Å². The van der Waals surface area contributed by atoms with E-state index in [9.17, 15) is 8.42 Å². The Morgan fingerprint density at radius 2 is 1.90 bits per heavy atom. The molecule has 0 saturated heterocycles. The predicted molar refractivity (Wildman–Crippen MR) is 77.8 cm³/mol. The molecule has 2 rings (SSSR count). The Morgan fingerprint density at radius 1 is 1.30 bits per heavy atom. The van der Waals surface area contributed by atoms with Crippen molar-refractivity contribution in [2.24, 2.45) is 5.73 Å². The number of rotatable bonds is 6. The van der Waals surface area contributed by atoms with Crippen LogP contribution in [0.4, 0.5) is 0 Å². The van der Waals surface area contributed by atoms with Gasteiger partial charge in [-0.1, -0.05) is 12.1 Å². The smallest absolute Gasteiger partial charge is 0.152 e. The van der Waals surface area contributed by atoms with Gasteiger partial charge in [0, 0.05) is 18.8 Å². The third-order valence-corrected chi connectivity index (χ3v) is 5.43. The molecule has 0 aromatic heterocycles. The van der Waals surface area contributed by atoms with E-state index < -0.39 is 20.6 Å². The number of ether oxygens (including phenoxy) is 2. The molecule has 5 nitrogen and oxygen atoms in total. The van der Waals surface area contributed by atoms with Gasteiger partial charge in [0.05, 0.1) is 24.5 Å². The molecule has 1 aromatic rings. The first-order chi connectivity index (χ1) is 9.34. The molecule has 20 heavy (non-hydrogen) atoms. The summed E-state index contributed by atoms with van der Waals surface area (Å²) in [7, 11) is -1.63. The van der Waals surface area contributed by atoms with Gasteiger partial charge in [-0.3, -0.25) is 0 Å². The molecule has 0 aliphatic heterocycles. The molecule has 0 amide bonds. The van der Waals surface area contributed by atoms with Crippen LogP contribution < -0.4 is 10.5 Å². The second kappa shape index (κ2) is 5.35. The lowest BCUT2D eigenvalue weighted by molar-refractivity contribution is 0.125. The lowest BCUT2D eigenvalue weighted by atomic mass is 10.1. The zero-order valence-electron chi connectivity index (χ0n) is 12.0. The number of methoxy groups -OCH3 is 1. The molecule has 0 spiro atoms. The number of hydrogen-bond donors (Lipinski definition) is 1. The zero-order chi connectivity index (χ0) is 15.0. The molecule has 1 aliphatic carbocycles. The number of nitrogens with two attached hydrogens (primary N) is 1. The summed E-state index contributed by atoms with van der Waals surface area (Å²) >= 11 is 0. The van der Waals surface area contributed by atoms with Crippen molar-refractivity contribution >= 4 is 9.84 Å². The van der Waals surface area contributed by atoms with E-state index in [1.165, 1.54) is 6.26 Å². The standard InChI is InChI=1S/C14H21NO4S/c1-4-19-9-14(15)12(13(14)20(3,16)17)10-5-7-11(18-2)8-6-10/h5-8,12-13H,4,9,15H2,1-3H3/t12-,13-,14+/m1/s1. The van der Waals surface area contributed by atoms with E-state index in [4.69, 9.17) is 15.2 Å². The molecule has 1 fully saturated rings. The molecule has 2 N–H and O–H groups in total. The first-order valence-electron chi connectivity index (χ1n) is 6.54. The molecular formula is C14H21NO4S. The highest BCUT2D eigenvalue weighted by atomic mass is 32.2. The largest absolute Gasteiger partial charge is 0.497 e. The minimum Gasteiger partial charge on any atom is -0.497 e. The van der Waals surface area contributed by atoms with E-state index in [-0.39, 0.29) is 12.5 Å². The van der Waals surface area contributed by atoms with Crippen LogP contribution >= 0.6 is 0 Å². The van der Waals surface area contributed by atoms with E-state index in [1.54, 1.807) is 7.11 Å². The van der Waals surface area contributed by atoms with Crippen molar-refractivity contribution in [2.75, 3.05) is 26.6 Å². The molecule has 0 bridgehead atoms. The minimum absolute atomic E-state index is 0.227. The van der Waals surface area contributed by atoms with Gasteiger partial charge in [0.25, 0.3) is 0 Å². The fourth-order valence-corrected chi connectivity index (χ4v) is 4.65. The lowest BCUT2D eigenvalue weighted by Crippen LogP contribution is -2.36. The van der Waals surface area contributed by atoms with Gasteiger partial charge in [-0.05, 0) is 24.6 Å². The first kappa shape index (κ1) is 15.3. The van der Waals surface area contributed by atoms with Crippen LogP contribution in [-0.4, -0.2) is 45.8 Å². The topological polar surface area (TPSA) is 78.6 Å². The maximum Gasteiger partial charge on any atom is 0.152 e. The summed E-state index contributed by atoms with van der Waals surface area (Å²) in [6, 6.07) is 7.35. The van der Waals surface area contributed by atoms with E-state index in [0.29, 0.717) is 6.61 Å². The molecule has 112 valence electrons. The van der Waals surface area contributed by atoms with Gasteiger partial charge in [0.2, 0.25) is 0 Å². The summed E-state index contributed by atoms with van der Waals surface area (Å²) in [5.74, 6) is 0.507.